The highest BCUT2D eigenvalue weighted by atomic mass is 16.7. The Morgan fingerprint density at radius 3 is 2.54 bits per heavy atom. The lowest BCUT2D eigenvalue weighted by molar-refractivity contribution is -0.116. The van der Waals surface area contributed by atoms with E-state index in [1.54, 1.807) is 27.4 Å². The van der Waals surface area contributed by atoms with Gasteiger partial charge in [0.05, 0.1) is 27.0 Å². The molecule has 2 heterocycles. The predicted molar refractivity (Wildman–Crippen MR) is 93.8 cm³/mol. The normalized spacial score (nSPS) is 17.3. The highest BCUT2D eigenvalue weighted by Gasteiger charge is 2.32. The van der Waals surface area contributed by atoms with Gasteiger partial charge in [-0.05, 0) is 17.7 Å². The molecule has 0 aromatic heterocycles. The van der Waals surface area contributed by atoms with Gasteiger partial charge in [0, 0.05) is 30.0 Å². The maximum absolute atomic E-state index is 12.3. The molecule has 136 valence electrons. The first-order valence-corrected chi connectivity index (χ1v) is 8.18. The largest absolute Gasteiger partial charge is 0.497 e. The number of hydrogen-bond donors (Lipinski definition) is 1. The van der Waals surface area contributed by atoms with Gasteiger partial charge in [0.15, 0.2) is 11.5 Å². The van der Waals surface area contributed by atoms with Crippen LogP contribution in [-0.4, -0.2) is 34.0 Å². The number of anilines is 1. The minimum Gasteiger partial charge on any atom is -0.497 e. The molecule has 2 aromatic rings. The summed E-state index contributed by atoms with van der Waals surface area (Å²) in [5.41, 5.74) is 2.47. The van der Waals surface area contributed by atoms with E-state index < -0.39 is 0 Å². The van der Waals surface area contributed by atoms with E-state index in [-0.39, 0.29) is 18.6 Å². The summed E-state index contributed by atoms with van der Waals surface area (Å²) in [6.07, 6.45) is 0.290. The highest BCUT2D eigenvalue weighted by molar-refractivity contribution is 5.96. The zero-order valence-electron chi connectivity index (χ0n) is 14.8. The fourth-order valence-electron chi connectivity index (χ4n) is 3.48. The number of ether oxygens (including phenoxy) is 5. The molecule has 0 bridgehead atoms. The second kappa shape index (κ2) is 6.33. The molecule has 2 aromatic carbocycles. The van der Waals surface area contributed by atoms with Crippen LogP contribution in [0.2, 0.25) is 0 Å². The van der Waals surface area contributed by atoms with Crippen LogP contribution in [0.3, 0.4) is 0 Å². The molecule has 7 nitrogen and oxygen atoms in total. The van der Waals surface area contributed by atoms with Crippen molar-refractivity contribution in [2.45, 2.75) is 12.3 Å². The van der Waals surface area contributed by atoms with Gasteiger partial charge in [0.25, 0.3) is 0 Å². The lowest BCUT2D eigenvalue weighted by Crippen LogP contribution is -2.24. The second-order valence-corrected chi connectivity index (χ2v) is 6.05. The topological polar surface area (TPSA) is 75.2 Å². The standard InChI is InChI=1S/C19H19NO6/c1-22-11-6-13-18(14(7-11)23-2)12(8-17(21)20-13)10-4-15(24-3)19-16(5-10)25-9-26-19/h4-7,12H,8-9H2,1-3H3,(H,20,21). The molecule has 2 aliphatic heterocycles. The first kappa shape index (κ1) is 16.4. The average molecular weight is 357 g/mol. The van der Waals surface area contributed by atoms with Crippen LogP contribution in [0.25, 0.3) is 0 Å². The lowest BCUT2D eigenvalue weighted by atomic mass is 9.83. The van der Waals surface area contributed by atoms with Gasteiger partial charge in [-0.15, -0.1) is 0 Å². The van der Waals surface area contributed by atoms with E-state index >= 15 is 0 Å². The molecule has 1 amide bonds. The van der Waals surface area contributed by atoms with Gasteiger partial charge in [-0.1, -0.05) is 0 Å². The Kier molecular flexibility index (Phi) is 3.99. The number of fused-ring (bicyclic) bond motifs is 2. The summed E-state index contributed by atoms with van der Waals surface area (Å²) in [4.78, 5) is 12.3. The average Bonchev–Trinajstić information content (AvgIpc) is 3.13. The van der Waals surface area contributed by atoms with Crippen molar-refractivity contribution in [1.82, 2.24) is 0 Å². The van der Waals surface area contributed by atoms with Gasteiger partial charge in [-0.3, -0.25) is 4.79 Å². The van der Waals surface area contributed by atoms with Crippen molar-refractivity contribution in [2.24, 2.45) is 0 Å². The Morgan fingerprint density at radius 1 is 1.00 bits per heavy atom. The zero-order chi connectivity index (χ0) is 18.3. The van der Waals surface area contributed by atoms with E-state index in [9.17, 15) is 4.79 Å². The molecule has 0 aliphatic carbocycles. The van der Waals surface area contributed by atoms with Crippen molar-refractivity contribution in [3.8, 4) is 28.7 Å². The lowest BCUT2D eigenvalue weighted by Gasteiger charge is -2.28. The number of methoxy groups -OCH3 is 3. The SMILES string of the molecule is COc1cc2c(c(OC)c1)C(c1cc(OC)c3c(c1)OCO3)CC(=O)N2. The number of carbonyl (C=O) groups is 1. The number of rotatable bonds is 4. The second-order valence-electron chi connectivity index (χ2n) is 6.05. The molecule has 0 saturated carbocycles. The summed E-state index contributed by atoms with van der Waals surface area (Å²) in [6.45, 7) is 0.150. The van der Waals surface area contributed by atoms with Gasteiger partial charge in [-0.2, -0.15) is 0 Å². The molecule has 1 unspecified atom stereocenters. The maximum Gasteiger partial charge on any atom is 0.231 e. The monoisotopic (exact) mass is 357 g/mol. The first-order chi connectivity index (χ1) is 12.6. The zero-order valence-corrected chi connectivity index (χ0v) is 14.8. The highest BCUT2D eigenvalue weighted by Crippen LogP contribution is 2.49. The van der Waals surface area contributed by atoms with Crippen molar-refractivity contribution in [3.63, 3.8) is 0 Å². The van der Waals surface area contributed by atoms with E-state index in [1.165, 1.54) is 0 Å². The van der Waals surface area contributed by atoms with Crippen molar-refractivity contribution in [1.29, 1.82) is 0 Å². The van der Waals surface area contributed by atoms with Crippen molar-refractivity contribution in [2.75, 3.05) is 33.4 Å². The molecule has 1 N–H and O–H groups in total. The molecule has 1 atom stereocenters. The van der Waals surface area contributed by atoms with Crippen LogP contribution >= 0.6 is 0 Å². The van der Waals surface area contributed by atoms with Crippen LogP contribution in [0.1, 0.15) is 23.5 Å². The van der Waals surface area contributed by atoms with Crippen LogP contribution < -0.4 is 29.0 Å². The molecule has 0 saturated heterocycles. The quantitative estimate of drug-likeness (QED) is 0.907. The molecular weight excluding hydrogens is 338 g/mol. The molecule has 0 radical (unpaired) electrons. The van der Waals surface area contributed by atoms with E-state index in [2.05, 4.69) is 5.32 Å². The number of benzene rings is 2. The van der Waals surface area contributed by atoms with Crippen LogP contribution in [-0.2, 0) is 4.79 Å². The number of carbonyl (C=O) groups excluding carboxylic acids is 1. The summed E-state index contributed by atoms with van der Waals surface area (Å²) in [5, 5.41) is 2.90. The Hall–Kier alpha value is -3.09. The van der Waals surface area contributed by atoms with E-state index in [0.717, 1.165) is 11.1 Å². The van der Waals surface area contributed by atoms with Crippen LogP contribution in [0.4, 0.5) is 5.69 Å². The van der Waals surface area contributed by atoms with Gasteiger partial charge < -0.3 is 29.0 Å². The van der Waals surface area contributed by atoms with E-state index in [1.807, 2.05) is 18.2 Å². The maximum atomic E-state index is 12.3. The third-order valence-electron chi connectivity index (χ3n) is 4.67. The Balaban J connectivity index is 1.88. The molecule has 4 rings (SSSR count). The number of nitrogens with one attached hydrogen (secondary N) is 1. The third-order valence-corrected chi connectivity index (χ3v) is 4.67. The summed E-state index contributed by atoms with van der Waals surface area (Å²) < 4.78 is 27.3. The molecular formula is C19H19NO6. The minimum absolute atomic E-state index is 0.0746. The Morgan fingerprint density at radius 2 is 1.81 bits per heavy atom. The van der Waals surface area contributed by atoms with Crippen molar-refractivity contribution >= 4 is 11.6 Å². The smallest absolute Gasteiger partial charge is 0.231 e. The van der Waals surface area contributed by atoms with E-state index in [4.69, 9.17) is 23.7 Å². The van der Waals surface area contributed by atoms with Crippen LogP contribution in [0.15, 0.2) is 24.3 Å². The minimum atomic E-state index is -0.206. The van der Waals surface area contributed by atoms with Crippen molar-refractivity contribution < 1.29 is 28.5 Å². The molecule has 2 aliphatic rings. The number of hydrogen-bond acceptors (Lipinski definition) is 6. The Labute approximate surface area is 150 Å². The van der Waals surface area contributed by atoms with Crippen LogP contribution in [0, 0.1) is 0 Å². The van der Waals surface area contributed by atoms with Crippen LogP contribution in [0.5, 0.6) is 28.7 Å². The summed E-state index contributed by atoms with van der Waals surface area (Å²) in [6, 6.07) is 7.38. The molecule has 7 heteroatoms. The van der Waals surface area contributed by atoms with Gasteiger partial charge in [0.2, 0.25) is 18.4 Å². The van der Waals surface area contributed by atoms with Crippen molar-refractivity contribution in [3.05, 3.63) is 35.4 Å². The predicted octanol–water partition coefficient (Wildman–Crippen LogP) is 2.92. The third kappa shape index (κ3) is 2.56. The summed E-state index contributed by atoms with van der Waals surface area (Å²) in [7, 11) is 4.75. The summed E-state index contributed by atoms with van der Waals surface area (Å²) in [5.74, 6) is 2.76. The Bertz CT molecular complexity index is 879. The molecule has 26 heavy (non-hydrogen) atoms. The number of amides is 1. The first-order valence-electron chi connectivity index (χ1n) is 8.18. The van der Waals surface area contributed by atoms with E-state index in [0.29, 0.717) is 40.9 Å². The van der Waals surface area contributed by atoms with Gasteiger partial charge >= 0.3 is 0 Å². The molecule has 0 spiro atoms. The fraction of sp³-hybridized carbons (Fsp3) is 0.316. The fourth-order valence-corrected chi connectivity index (χ4v) is 3.48. The van der Waals surface area contributed by atoms with Gasteiger partial charge in [0.1, 0.15) is 11.5 Å². The summed E-state index contributed by atoms with van der Waals surface area (Å²) >= 11 is 0. The van der Waals surface area contributed by atoms with Gasteiger partial charge in [-0.25, -0.2) is 0 Å². The molecule has 0 fully saturated rings.